The maximum Gasteiger partial charge on any atom is 0.253 e. The molecule has 1 heterocycles. The highest BCUT2D eigenvalue weighted by Gasteiger charge is 2.15. The first kappa shape index (κ1) is 11.9. The largest absolute Gasteiger partial charge is 0.380 e. The third-order valence-electron chi connectivity index (χ3n) is 2.84. The molecule has 1 unspecified atom stereocenters. The normalized spacial score (nSPS) is 19.1. The summed E-state index contributed by atoms with van der Waals surface area (Å²) in [6.45, 7) is 1.59. The highest BCUT2D eigenvalue weighted by atomic mass is 16.5. The molecular formula is C13H18N2O2. The van der Waals surface area contributed by atoms with Crippen LogP contribution < -0.4 is 5.32 Å². The smallest absolute Gasteiger partial charge is 0.253 e. The number of ether oxygens (including phenoxy) is 1. The van der Waals surface area contributed by atoms with Crippen molar-refractivity contribution in [2.45, 2.75) is 12.5 Å². The van der Waals surface area contributed by atoms with Crippen molar-refractivity contribution in [2.75, 3.05) is 32.6 Å². The van der Waals surface area contributed by atoms with E-state index in [-0.39, 0.29) is 5.91 Å². The van der Waals surface area contributed by atoms with Crippen LogP contribution in [0.2, 0.25) is 0 Å². The van der Waals surface area contributed by atoms with Crippen LogP contribution in [-0.4, -0.2) is 44.2 Å². The van der Waals surface area contributed by atoms with Gasteiger partial charge in [0.2, 0.25) is 0 Å². The molecule has 0 bridgehead atoms. The number of amides is 1. The fourth-order valence-corrected chi connectivity index (χ4v) is 1.85. The molecule has 1 fully saturated rings. The Bertz CT molecular complexity index is 381. The van der Waals surface area contributed by atoms with Gasteiger partial charge in [0.05, 0.1) is 12.6 Å². The molecular weight excluding hydrogens is 216 g/mol. The van der Waals surface area contributed by atoms with Crippen LogP contribution in [0.4, 0.5) is 5.69 Å². The third-order valence-corrected chi connectivity index (χ3v) is 2.84. The summed E-state index contributed by atoms with van der Waals surface area (Å²) in [5.41, 5.74) is 1.75. The predicted octanol–water partition coefficient (Wildman–Crippen LogP) is 1.59. The zero-order valence-electron chi connectivity index (χ0n) is 10.3. The van der Waals surface area contributed by atoms with E-state index in [0.29, 0.717) is 11.6 Å². The van der Waals surface area contributed by atoms with Gasteiger partial charge in [-0.25, -0.2) is 0 Å². The monoisotopic (exact) mass is 234 g/mol. The molecule has 1 aliphatic rings. The highest BCUT2D eigenvalue weighted by molar-refractivity contribution is 5.94. The van der Waals surface area contributed by atoms with Crippen molar-refractivity contribution in [3.05, 3.63) is 29.8 Å². The lowest BCUT2D eigenvalue weighted by molar-refractivity contribution is 0.0827. The number of hydrogen-bond donors (Lipinski definition) is 1. The molecule has 17 heavy (non-hydrogen) atoms. The Kier molecular flexibility index (Phi) is 3.64. The van der Waals surface area contributed by atoms with Crippen molar-refractivity contribution < 1.29 is 9.53 Å². The maximum atomic E-state index is 11.7. The number of nitrogens with one attached hydrogen (secondary N) is 1. The Labute approximate surface area is 102 Å². The van der Waals surface area contributed by atoms with Crippen LogP contribution in [-0.2, 0) is 4.74 Å². The minimum atomic E-state index is 0.0285. The second-order valence-electron chi connectivity index (χ2n) is 4.48. The number of rotatable bonds is 3. The summed E-state index contributed by atoms with van der Waals surface area (Å²) in [6.07, 6.45) is 1.04. The van der Waals surface area contributed by atoms with Gasteiger partial charge in [-0.05, 0) is 30.7 Å². The van der Waals surface area contributed by atoms with Crippen molar-refractivity contribution in [1.29, 1.82) is 0 Å². The van der Waals surface area contributed by atoms with E-state index in [1.54, 1.807) is 19.0 Å². The average molecular weight is 234 g/mol. The van der Waals surface area contributed by atoms with Crippen LogP contribution >= 0.6 is 0 Å². The first-order valence-corrected chi connectivity index (χ1v) is 5.83. The van der Waals surface area contributed by atoms with E-state index in [9.17, 15) is 4.79 Å². The van der Waals surface area contributed by atoms with E-state index in [0.717, 1.165) is 25.3 Å². The van der Waals surface area contributed by atoms with E-state index in [1.807, 2.05) is 24.3 Å². The maximum absolute atomic E-state index is 11.7. The van der Waals surface area contributed by atoms with Crippen molar-refractivity contribution in [3.8, 4) is 0 Å². The molecule has 0 spiro atoms. The number of anilines is 1. The zero-order chi connectivity index (χ0) is 12.3. The average Bonchev–Trinajstić information content (AvgIpc) is 2.82. The van der Waals surface area contributed by atoms with Crippen molar-refractivity contribution in [2.24, 2.45) is 0 Å². The lowest BCUT2D eigenvalue weighted by Gasteiger charge is -2.13. The standard InChI is InChI=1S/C13H18N2O2/c1-15(2)13(16)10-3-5-11(6-4-10)14-12-7-8-17-9-12/h3-6,12,14H,7-9H2,1-2H3. The van der Waals surface area contributed by atoms with Crippen molar-refractivity contribution in [1.82, 2.24) is 4.90 Å². The fraction of sp³-hybridized carbons (Fsp3) is 0.462. The second-order valence-corrected chi connectivity index (χ2v) is 4.48. The summed E-state index contributed by atoms with van der Waals surface area (Å²) in [5.74, 6) is 0.0285. The Balaban J connectivity index is 1.99. The van der Waals surface area contributed by atoms with Gasteiger partial charge < -0.3 is 15.0 Å². The molecule has 4 heteroatoms. The van der Waals surface area contributed by atoms with E-state index in [2.05, 4.69) is 5.32 Å². The molecule has 0 radical (unpaired) electrons. The molecule has 1 aromatic carbocycles. The van der Waals surface area contributed by atoms with Crippen LogP contribution in [0.15, 0.2) is 24.3 Å². The van der Waals surface area contributed by atoms with E-state index < -0.39 is 0 Å². The Morgan fingerprint density at radius 1 is 1.35 bits per heavy atom. The molecule has 1 aliphatic heterocycles. The van der Waals surface area contributed by atoms with Gasteiger partial charge in [-0.3, -0.25) is 4.79 Å². The van der Waals surface area contributed by atoms with Crippen LogP contribution in [0.3, 0.4) is 0 Å². The van der Waals surface area contributed by atoms with Gasteiger partial charge in [-0.1, -0.05) is 0 Å². The number of carbonyl (C=O) groups excluding carboxylic acids is 1. The molecule has 4 nitrogen and oxygen atoms in total. The van der Waals surface area contributed by atoms with Gasteiger partial charge in [-0.15, -0.1) is 0 Å². The van der Waals surface area contributed by atoms with E-state index in [4.69, 9.17) is 4.74 Å². The Morgan fingerprint density at radius 2 is 2.06 bits per heavy atom. The molecule has 1 atom stereocenters. The Morgan fingerprint density at radius 3 is 2.59 bits per heavy atom. The van der Waals surface area contributed by atoms with Crippen LogP contribution in [0.25, 0.3) is 0 Å². The van der Waals surface area contributed by atoms with Crippen LogP contribution in [0, 0.1) is 0 Å². The van der Waals surface area contributed by atoms with Gasteiger partial charge in [0, 0.05) is 32.0 Å². The van der Waals surface area contributed by atoms with Gasteiger partial charge in [0.1, 0.15) is 0 Å². The van der Waals surface area contributed by atoms with Gasteiger partial charge >= 0.3 is 0 Å². The molecule has 92 valence electrons. The minimum Gasteiger partial charge on any atom is -0.380 e. The minimum absolute atomic E-state index is 0.0285. The second kappa shape index (κ2) is 5.19. The summed E-state index contributed by atoms with van der Waals surface area (Å²) in [5, 5.41) is 3.39. The molecule has 0 saturated carbocycles. The summed E-state index contributed by atoms with van der Waals surface area (Å²) in [7, 11) is 3.51. The van der Waals surface area contributed by atoms with Crippen LogP contribution in [0.5, 0.6) is 0 Å². The predicted molar refractivity (Wildman–Crippen MR) is 67.3 cm³/mol. The lowest BCUT2D eigenvalue weighted by atomic mass is 10.1. The van der Waals surface area contributed by atoms with Crippen LogP contribution in [0.1, 0.15) is 16.8 Å². The quantitative estimate of drug-likeness (QED) is 0.863. The summed E-state index contributed by atoms with van der Waals surface area (Å²) < 4.78 is 5.30. The summed E-state index contributed by atoms with van der Waals surface area (Å²) in [4.78, 5) is 13.3. The molecule has 0 aromatic heterocycles. The Hall–Kier alpha value is -1.55. The van der Waals surface area contributed by atoms with Gasteiger partial charge in [0.15, 0.2) is 0 Å². The van der Waals surface area contributed by atoms with Gasteiger partial charge in [-0.2, -0.15) is 0 Å². The zero-order valence-corrected chi connectivity index (χ0v) is 10.3. The molecule has 0 aliphatic carbocycles. The topological polar surface area (TPSA) is 41.6 Å². The first-order valence-electron chi connectivity index (χ1n) is 5.83. The van der Waals surface area contributed by atoms with E-state index in [1.165, 1.54) is 0 Å². The fourth-order valence-electron chi connectivity index (χ4n) is 1.85. The highest BCUT2D eigenvalue weighted by Crippen LogP contribution is 2.15. The molecule has 1 amide bonds. The number of carbonyl (C=O) groups is 1. The summed E-state index contributed by atoms with van der Waals surface area (Å²) in [6, 6.07) is 7.97. The number of hydrogen-bond acceptors (Lipinski definition) is 3. The third kappa shape index (κ3) is 2.97. The molecule has 2 rings (SSSR count). The molecule has 1 saturated heterocycles. The first-order chi connectivity index (χ1) is 8.16. The van der Waals surface area contributed by atoms with Gasteiger partial charge in [0.25, 0.3) is 5.91 Å². The number of benzene rings is 1. The SMILES string of the molecule is CN(C)C(=O)c1ccc(NC2CCOC2)cc1. The van der Waals surface area contributed by atoms with Crippen molar-refractivity contribution in [3.63, 3.8) is 0 Å². The summed E-state index contributed by atoms with van der Waals surface area (Å²) >= 11 is 0. The van der Waals surface area contributed by atoms with Crippen molar-refractivity contribution >= 4 is 11.6 Å². The lowest BCUT2D eigenvalue weighted by Crippen LogP contribution is -2.22. The van der Waals surface area contributed by atoms with E-state index >= 15 is 0 Å². The molecule has 1 aromatic rings. The molecule has 1 N–H and O–H groups in total. The number of nitrogens with zero attached hydrogens (tertiary/aromatic N) is 1.